The zero-order chi connectivity index (χ0) is 40.7. The van der Waals surface area contributed by atoms with Crippen LogP contribution in [0.2, 0.25) is 0 Å². The number of nitrogens with zero attached hydrogens (tertiary/aromatic N) is 2. The third-order valence-electron chi connectivity index (χ3n) is 12.5. The molecular formula is C58H34N2S2. The Bertz CT molecular complexity index is 3880. The van der Waals surface area contributed by atoms with Crippen LogP contribution in [0.15, 0.2) is 206 Å². The summed E-state index contributed by atoms with van der Waals surface area (Å²) in [5.74, 6) is 0. The highest BCUT2D eigenvalue weighted by Crippen LogP contribution is 2.48. The Balaban J connectivity index is 1.08. The standard InChI is InChI=1S/C58H34N2S2/c1-3-15-35(16-4-1)38-23-11-27-47-48-29-13-25-40(57(48)61-55(38)47)37-31-32-43(46-26-14-30-50-49-28-12-24-39(56(49)62-58(46)50)36-17-5-2-6-18-36)51(33-37)52-34-59-53-44-21-9-7-19-41(44)42-20-8-10-22-45(42)54(53)60-52/h1-34H. The van der Waals surface area contributed by atoms with Gasteiger partial charge in [-0.05, 0) is 55.8 Å². The molecule has 13 rings (SSSR count). The number of thiophene rings is 2. The van der Waals surface area contributed by atoms with E-state index in [0.29, 0.717) is 0 Å². The number of rotatable bonds is 5. The fourth-order valence-electron chi connectivity index (χ4n) is 9.68. The fourth-order valence-corrected chi connectivity index (χ4v) is 12.4. The predicted molar refractivity (Wildman–Crippen MR) is 268 cm³/mol. The average Bonchev–Trinajstić information content (AvgIpc) is 3.94. The minimum Gasteiger partial charge on any atom is -0.252 e. The average molecular weight is 823 g/mol. The molecule has 10 aromatic carbocycles. The summed E-state index contributed by atoms with van der Waals surface area (Å²) >= 11 is 3.77. The Hall–Kier alpha value is -7.50. The first-order valence-corrected chi connectivity index (χ1v) is 22.6. The summed E-state index contributed by atoms with van der Waals surface area (Å²) in [5.41, 5.74) is 13.5. The van der Waals surface area contributed by atoms with E-state index in [4.69, 9.17) is 9.97 Å². The van der Waals surface area contributed by atoms with Crippen LogP contribution in [-0.4, -0.2) is 9.97 Å². The Kier molecular flexibility index (Phi) is 7.99. The third kappa shape index (κ3) is 5.41. The Morgan fingerprint density at radius 2 is 0.694 bits per heavy atom. The number of hydrogen-bond donors (Lipinski definition) is 0. The van der Waals surface area contributed by atoms with Gasteiger partial charge >= 0.3 is 0 Å². The summed E-state index contributed by atoms with van der Waals surface area (Å²) in [5, 5.41) is 9.71. The largest absolute Gasteiger partial charge is 0.252 e. The molecule has 0 bridgehead atoms. The lowest BCUT2D eigenvalue weighted by Crippen LogP contribution is -1.95. The van der Waals surface area contributed by atoms with E-state index in [1.165, 1.54) is 84.5 Å². The van der Waals surface area contributed by atoms with E-state index < -0.39 is 0 Å². The second-order valence-corrected chi connectivity index (χ2v) is 18.0. The number of hydrogen-bond acceptors (Lipinski definition) is 4. The van der Waals surface area contributed by atoms with Gasteiger partial charge in [0.1, 0.15) is 0 Å². The van der Waals surface area contributed by atoms with E-state index in [0.717, 1.165) is 44.2 Å². The van der Waals surface area contributed by atoms with E-state index in [1.54, 1.807) is 0 Å². The normalized spacial score (nSPS) is 11.9. The van der Waals surface area contributed by atoms with Gasteiger partial charge in [0.25, 0.3) is 0 Å². The lowest BCUT2D eigenvalue weighted by molar-refractivity contribution is 1.31. The highest BCUT2D eigenvalue weighted by atomic mass is 32.1. The van der Waals surface area contributed by atoms with Crippen LogP contribution < -0.4 is 0 Å². The summed E-state index contributed by atoms with van der Waals surface area (Å²) in [6.45, 7) is 0. The minimum absolute atomic E-state index is 0.854. The van der Waals surface area contributed by atoms with E-state index >= 15 is 0 Å². The maximum Gasteiger partial charge on any atom is 0.0979 e. The maximum atomic E-state index is 5.61. The Morgan fingerprint density at radius 1 is 0.274 bits per heavy atom. The van der Waals surface area contributed by atoms with Gasteiger partial charge in [0.15, 0.2) is 0 Å². The van der Waals surface area contributed by atoms with Crippen molar-refractivity contribution in [1.29, 1.82) is 0 Å². The quantitative estimate of drug-likeness (QED) is 0.162. The van der Waals surface area contributed by atoms with Crippen LogP contribution >= 0.6 is 22.7 Å². The van der Waals surface area contributed by atoms with Gasteiger partial charge in [-0.3, -0.25) is 4.98 Å². The summed E-state index contributed by atoms with van der Waals surface area (Å²) in [6.07, 6.45) is 2.00. The maximum absolute atomic E-state index is 5.61. The third-order valence-corrected chi connectivity index (χ3v) is 15.1. The van der Waals surface area contributed by atoms with Gasteiger partial charge in [0.2, 0.25) is 0 Å². The molecule has 0 spiro atoms. The molecule has 0 N–H and O–H groups in total. The van der Waals surface area contributed by atoms with Gasteiger partial charge in [-0.2, -0.15) is 0 Å². The van der Waals surface area contributed by atoms with Crippen LogP contribution in [0.4, 0.5) is 0 Å². The molecule has 0 amide bonds. The van der Waals surface area contributed by atoms with E-state index in [1.807, 2.05) is 28.9 Å². The molecule has 4 heteroatoms. The van der Waals surface area contributed by atoms with Gasteiger partial charge in [-0.15, -0.1) is 22.7 Å². The SMILES string of the molecule is c1ccc(-c2cccc3c2sc2c(-c4ccc(-c5cccc6c5sc5c(-c7ccccc7)cccc56)c(-c5cnc6c7ccccc7c7ccccc7c6n5)c4)cccc23)cc1. The van der Waals surface area contributed by atoms with E-state index in [9.17, 15) is 0 Å². The highest BCUT2D eigenvalue weighted by Gasteiger charge is 2.21. The van der Waals surface area contributed by atoms with Crippen molar-refractivity contribution in [1.82, 2.24) is 9.97 Å². The zero-order valence-electron chi connectivity index (χ0n) is 33.3. The number of aromatic nitrogens is 2. The molecule has 0 radical (unpaired) electrons. The molecule has 0 aliphatic carbocycles. The van der Waals surface area contributed by atoms with E-state index in [-0.39, 0.29) is 0 Å². The first-order valence-electron chi connectivity index (χ1n) is 21.0. The predicted octanol–water partition coefficient (Wildman–Crippen LogP) is 17.0. The van der Waals surface area contributed by atoms with Gasteiger partial charge < -0.3 is 0 Å². The second-order valence-electron chi connectivity index (χ2n) is 16.0. The van der Waals surface area contributed by atoms with Gasteiger partial charge in [-0.1, -0.05) is 194 Å². The van der Waals surface area contributed by atoms with Crippen LogP contribution in [0, 0.1) is 0 Å². The lowest BCUT2D eigenvalue weighted by Gasteiger charge is -2.15. The van der Waals surface area contributed by atoms with Gasteiger partial charge in [0.05, 0.1) is 22.9 Å². The first kappa shape index (κ1) is 35.3. The van der Waals surface area contributed by atoms with Crippen molar-refractivity contribution < 1.29 is 0 Å². The van der Waals surface area contributed by atoms with Crippen LogP contribution in [-0.2, 0) is 0 Å². The topological polar surface area (TPSA) is 25.8 Å². The highest BCUT2D eigenvalue weighted by molar-refractivity contribution is 7.27. The van der Waals surface area contributed by atoms with E-state index in [2.05, 4.69) is 200 Å². The summed E-state index contributed by atoms with van der Waals surface area (Å²) < 4.78 is 5.16. The molecular weight excluding hydrogens is 789 g/mol. The Morgan fingerprint density at radius 3 is 1.23 bits per heavy atom. The van der Waals surface area contributed by atoms with Crippen molar-refractivity contribution in [2.75, 3.05) is 0 Å². The summed E-state index contributed by atoms with van der Waals surface area (Å²) in [6, 6.07) is 72.7. The van der Waals surface area contributed by atoms with Crippen molar-refractivity contribution in [3.8, 4) is 55.8 Å². The monoisotopic (exact) mass is 822 g/mol. The minimum atomic E-state index is 0.854. The molecule has 0 aliphatic rings. The van der Waals surface area contributed by atoms with Crippen molar-refractivity contribution in [3.63, 3.8) is 0 Å². The molecule has 0 aliphatic heterocycles. The lowest BCUT2D eigenvalue weighted by atomic mass is 9.92. The number of fused-ring (bicyclic) bond motifs is 12. The molecule has 3 heterocycles. The van der Waals surface area contributed by atoms with Crippen LogP contribution in [0.3, 0.4) is 0 Å². The van der Waals surface area contributed by atoms with Gasteiger partial charge in [-0.25, -0.2) is 4.98 Å². The zero-order valence-corrected chi connectivity index (χ0v) is 35.0. The summed E-state index contributed by atoms with van der Waals surface area (Å²) in [4.78, 5) is 10.9. The Labute approximate surface area is 365 Å². The molecule has 288 valence electrons. The molecule has 0 saturated carbocycles. The molecule has 62 heavy (non-hydrogen) atoms. The first-order chi connectivity index (χ1) is 30.8. The molecule has 2 nitrogen and oxygen atoms in total. The van der Waals surface area contributed by atoms with Crippen LogP contribution in [0.1, 0.15) is 0 Å². The molecule has 3 aromatic heterocycles. The molecule has 0 fully saturated rings. The van der Waals surface area contributed by atoms with Crippen molar-refractivity contribution in [2.24, 2.45) is 0 Å². The van der Waals surface area contributed by atoms with Crippen molar-refractivity contribution in [2.45, 2.75) is 0 Å². The van der Waals surface area contributed by atoms with Crippen LogP contribution in [0.25, 0.3) is 129 Å². The molecule has 0 saturated heterocycles. The fraction of sp³-hybridized carbons (Fsp3) is 0. The molecule has 13 aromatic rings. The summed E-state index contributed by atoms with van der Waals surface area (Å²) in [7, 11) is 0. The number of benzene rings is 10. The van der Waals surface area contributed by atoms with Gasteiger partial charge in [0, 0.05) is 62.2 Å². The second kappa shape index (κ2) is 14.0. The van der Waals surface area contributed by atoms with Crippen molar-refractivity contribution >= 4 is 95.6 Å². The van der Waals surface area contributed by atoms with Crippen molar-refractivity contribution in [3.05, 3.63) is 206 Å². The molecule has 0 atom stereocenters. The van der Waals surface area contributed by atoms with Crippen LogP contribution in [0.5, 0.6) is 0 Å². The molecule has 0 unspecified atom stereocenters. The smallest absolute Gasteiger partial charge is 0.0979 e.